The minimum Gasteiger partial charge on any atom is -0.387 e. The van der Waals surface area contributed by atoms with Crippen molar-refractivity contribution in [1.29, 1.82) is 0 Å². The number of carbonyl (C=O) groups is 1. The molecule has 4 heterocycles. The van der Waals surface area contributed by atoms with Crippen LogP contribution in [0.3, 0.4) is 0 Å². The molecule has 0 radical (unpaired) electrons. The van der Waals surface area contributed by atoms with Crippen molar-refractivity contribution in [2.75, 3.05) is 45.0 Å². The molecule has 1 unspecified atom stereocenters. The average molecular weight is 568 g/mol. The number of nitrogens with zero attached hydrogens (tertiary/aromatic N) is 2. The predicted molar refractivity (Wildman–Crippen MR) is 156 cm³/mol. The van der Waals surface area contributed by atoms with Crippen molar-refractivity contribution < 1.29 is 18.3 Å². The molecule has 4 saturated heterocycles. The molecule has 2 saturated carbocycles. The first kappa shape index (κ1) is 27.1. The molecule has 40 heavy (non-hydrogen) atoms. The van der Waals surface area contributed by atoms with Crippen LogP contribution in [-0.4, -0.2) is 79.3 Å². The zero-order chi connectivity index (χ0) is 28.0. The number of allylic oxidation sites excluding steroid dienone is 1. The van der Waals surface area contributed by atoms with Gasteiger partial charge in [0.2, 0.25) is 15.9 Å². The Labute approximate surface area is 239 Å². The van der Waals surface area contributed by atoms with Crippen LogP contribution in [0, 0.1) is 28.6 Å². The van der Waals surface area contributed by atoms with Crippen LogP contribution in [0.25, 0.3) is 6.08 Å². The van der Waals surface area contributed by atoms with Crippen LogP contribution in [0.5, 0.6) is 0 Å². The molecule has 4 aliphatic heterocycles. The number of aliphatic hydroxyl groups is 1. The molecule has 8 heteroatoms. The van der Waals surface area contributed by atoms with Gasteiger partial charge in [-0.3, -0.25) is 4.79 Å². The van der Waals surface area contributed by atoms with Crippen LogP contribution in [0.15, 0.2) is 30.3 Å². The van der Waals surface area contributed by atoms with E-state index in [2.05, 4.69) is 60.5 Å². The first-order chi connectivity index (χ1) is 19.0. The van der Waals surface area contributed by atoms with Gasteiger partial charge < -0.3 is 15.3 Å². The van der Waals surface area contributed by atoms with Gasteiger partial charge in [0, 0.05) is 37.0 Å². The highest BCUT2D eigenvalue weighted by molar-refractivity contribution is 7.89. The van der Waals surface area contributed by atoms with Crippen molar-refractivity contribution in [1.82, 2.24) is 14.5 Å². The number of hydrogen-bond donors (Lipinski definition) is 2. The zero-order valence-electron chi connectivity index (χ0n) is 24.1. The third kappa shape index (κ3) is 3.85. The smallest absolute Gasteiger partial charge is 0.224 e. The highest BCUT2D eigenvalue weighted by Crippen LogP contribution is 2.70. The van der Waals surface area contributed by atoms with Crippen molar-refractivity contribution in [3.05, 3.63) is 41.5 Å². The first-order valence-electron chi connectivity index (χ1n) is 15.5. The molecule has 1 amide bonds. The average Bonchev–Trinajstić information content (AvgIpc) is 3.48. The van der Waals surface area contributed by atoms with Crippen molar-refractivity contribution in [2.24, 2.45) is 28.6 Å². The molecule has 6 fully saturated rings. The molecule has 4 bridgehead atoms. The lowest BCUT2D eigenvalue weighted by atomic mass is 9.64. The summed E-state index contributed by atoms with van der Waals surface area (Å²) in [6.07, 6.45) is 10.3. The molecule has 3 aliphatic carbocycles. The summed E-state index contributed by atoms with van der Waals surface area (Å²) >= 11 is 0. The largest absolute Gasteiger partial charge is 0.387 e. The highest BCUT2D eigenvalue weighted by atomic mass is 32.2. The molecule has 7 aliphatic rings. The summed E-state index contributed by atoms with van der Waals surface area (Å²) in [6.45, 7) is 8.40. The summed E-state index contributed by atoms with van der Waals surface area (Å²) in [5.41, 5.74) is 0.161. The van der Waals surface area contributed by atoms with Gasteiger partial charge in [-0.2, -0.15) is 0 Å². The fourth-order valence-electron chi connectivity index (χ4n) is 9.98. The highest BCUT2D eigenvalue weighted by Gasteiger charge is 2.72. The van der Waals surface area contributed by atoms with Gasteiger partial charge in [-0.25, -0.2) is 12.7 Å². The second-order valence-corrected chi connectivity index (χ2v) is 16.4. The quantitative estimate of drug-likeness (QED) is 0.550. The minimum atomic E-state index is -3.61. The lowest BCUT2D eigenvalue weighted by Gasteiger charge is -2.49. The van der Waals surface area contributed by atoms with E-state index in [1.165, 1.54) is 11.1 Å². The third-order valence-electron chi connectivity index (χ3n) is 12.7. The molecule has 4 atom stereocenters. The maximum Gasteiger partial charge on any atom is 0.224 e. The normalized spacial score (nSPS) is 39.1. The Morgan fingerprint density at radius 3 is 2.45 bits per heavy atom. The van der Waals surface area contributed by atoms with Gasteiger partial charge in [-0.15, -0.1) is 0 Å². The molecule has 2 N–H and O–H groups in total. The van der Waals surface area contributed by atoms with E-state index in [1.54, 1.807) is 4.31 Å². The first-order valence-corrected chi connectivity index (χ1v) is 17.1. The number of piperidine rings is 4. The van der Waals surface area contributed by atoms with E-state index in [0.717, 1.165) is 51.7 Å². The Hall–Kier alpha value is -1.74. The van der Waals surface area contributed by atoms with E-state index in [1.807, 2.05) is 0 Å². The third-order valence-corrected chi connectivity index (χ3v) is 14.7. The van der Waals surface area contributed by atoms with E-state index < -0.39 is 21.0 Å². The summed E-state index contributed by atoms with van der Waals surface area (Å²) < 4.78 is 29.9. The lowest BCUT2D eigenvalue weighted by Crippen LogP contribution is -2.61. The number of amides is 1. The molecular weight excluding hydrogens is 522 g/mol. The molecule has 1 spiro atoms. The maximum absolute atomic E-state index is 14.1. The Balaban J connectivity index is 1.08. The SMILES string of the molecule is CC1(C)[C@@H]2CC[C@@]1(CS(=O)(=O)N1CCC3(C=Cc4ccccc43)CC1)[C@](O)(CNC(=O)C1CN3CCC1CC3)C2. The molecule has 218 valence electrons. The van der Waals surface area contributed by atoms with Gasteiger partial charge in [-0.05, 0) is 86.4 Å². The molecule has 1 aromatic rings. The number of rotatable bonds is 6. The summed E-state index contributed by atoms with van der Waals surface area (Å²) in [7, 11) is -3.61. The fourth-order valence-corrected chi connectivity index (χ4v) is 12.3. The number of sulfonamides is 1. The van der Waals surface area contributed by atoms with Crippen LogP contribution >= 0.6 is 0 Å². The number of carbonyl (C=O) groups excluding carboxylic acids is 1. The monoisotopic (exact) mass is 567 g/mol. The zero-order valence-corrected chi connectivity index (χ0v) is 24.9. The van der Waals surface area contributed by atoms with Gasteiger partial charge in [0.1, 0.15) is 0 Å². The fraction of sp³-hybridized carbons (Fsp3) is 0.719. The van der Waals surface area contributed by atoms with Crippen LogP contribution in [0.2, 0.25) is 0 Å². The Bertz CT molecular complexity index is 1330. The molecular formula is C32H45N3O4S. The van der Waals surface area contributed by atoms with Crippen LogP contribution < -0.4 is 5.32 Å². The number of nitrogens with one attached hydrogen (secondary N) is 1. The Morgan fingerprint density at radius 2 is 1.77 bits per heavy atom. The van der Waals surface area contributed by atoms with Crippen molar-refractivity contribution in [2.45, 2.75) is 69.8 Å². The summed E-state index contributed by atoms with van der Waals surface area (Å²) in [4.78, 5) is 15.7. The standard InChI is InChI=1S/C32H45N3O4S/c1-29(2)25-8-12-31(29,32(37,19-25)21-33-28(36)26-20-34-15-9-23(26)10-16-34)22-40(38,39)35-17-13-30(14-18-35)11-7-24-5-3-4-6-27(24)30/h3-7,11,23,25-26,37H,8-10,12-22H2,1-2H3,(H,33,36)/t25-,26?,31+,32-/m1/s1. The van der Waals surface area contributed by atoms with E-state index in [9.17, 15) is 18.3 Å². The Kier molecular flexibility index (Phi) is 6.19. The van der Waals surface area contributed by atoms with Crippen LogP contribution in [0.4, 0.5) is 0 Å². The number of benzene rings is 1. The predicted octanol–water partition coefficient (Wildman–Crippen LogP) is 3.39. The van der Waals surface area contributed by atoms with Crippen molar-refractivity contribution >= 4 is 22.0 Å². The van der Waals surface area contributed by atoms with E-state index in [-0.39, 0.29) is 40.9 Å². The number of hydrogen-bond acceptors (Lipinski definition) is 5. The van der Waals surface area contributed by atoms with Gasteiger partial charge in [0.05, 0.1) is 17.3 Å². The molecule has 8 rings (SSSR count). The lowest BCUT2D eigenvalue weighted by molar-refractivity contribution is -0.135. The molecule has 0 aromatic heterocycles. The number of fused-ring (bicyclic) bond motifs is 7. The van der Waals surface area contributed by atoms with Crippen molar-refractivity contribution in [3.63, 3.8) is 0 Å². The molecule has 7 nitrogen and oxygen atoms in total. The second-order valence-electron chi connectivity index (χ2n) is 14.5. The van der Waals surface area contributed by atoms with E-state index in [0.29, 0.717) is 31.8 Å². The summed E-state index contributed by atoms with van der Waals surface area (Å²) in [5, 5.41) is 15.4. The van der Waals surface area contributed by atoms with Crippen molar-refractivity contribution in [3.8, 4) is 0 Å². The van der Waals surface area contributed by atoms with Gasteiger partial charge in [0.15, 0.2) is 0 Å². The van der Waals surface area contributed by atoms with Gasteiger partial charge >= 0.3 is 0 Å². The Morgan fingerprint density at radius 1 is 1.05 bits per heavy atom. The molecule has 1 aromatic carbocycles. The minimum absolute atomic E-state index is 0.0205. The summed E-state index contributed by atoms with van der Waals surface area (Å²) in [5.74, 6) is 0.649. The second kappa shape index (κ2) is 9.13. The van der Waals surface area contributed by atoms with Crippen LogP contribution in [0.1, 0.15) is 69.9 Å². The maximum atomic E-state index is 14.1. The van der Waals surface area contributed by atoms with Crippen LogP contribution in [-0.2, 0) is 20.2 Å². The summed E-state index contributed by atoms with van der Waals surface area (Å²) in [6, 6.07) is 8.45. The van der Waals surface area contributed by atoms with E-state index >= 15 is 0 Å². The van der Waals surface area contributed by atoms with Gasteiger partial charge in [-0.1, -0.05) is 50.3 Å². The topological polar surface area (TPSA) is 90.0 Å². The van der Waals surface area contributed by atoms with E-state index in [4.69, 9.17) is 0 Å². The van der Waals surface area contributed by atoms with Gasteiger partial charge in [0.25, 0.3) is 0 Å².